The Morgan fingerprint density at radius 1 is 1.12 bits per heavy atom. The number of hydrogen-bond acceptors (Lipinski definition) is 4. The van der Waals surface area contributed by atoms with Crippen LogP contribution in [0.4, 0.5) is 4.79 Å². The van der Waals surface area contributed by atoms with Crippen molar-refractivity contribution in [1.29, 1.82) is 0 Å². The summed E-state index contributed by atoms with van der Waals surface area (Å²) in [4.78, 5) is 25.1. The van der Waals surface area contributed by atoms with E-state index in [0.29, 0.717) is 13.0 Å². The molecule has 1 heterocycles. The van der Waals surface area contributed by atoms with Gasteiger partial charge in [-0.25, -0.2) is 9.59 Å². The van der Waals surface area contributed by atoms with Crippen LogP contribution in [0.1, 0.15) is 29.9 Å². The van der Waals surface area contributed by atoms with E-state index in [4.69, 9.17) is 10.5 Å². The largest absolute Gasteiger partial charge is 0.478 e. The molecule has 26 heavy (non-hydrogen) atoms. The Kier molecular flexibility index (Phi) is 3.92. The maximum Gasteiger partial charge on any atom is 0.411 e. The second-order valence-corrected chi connectivity index (χ2v) is 6.79. The first kappa shape index (κ1) is 16.6. The number of nitrogens with two attached hydrogens (primary N) is 1. The van der Waals surface area contributed by atoms with E-state index in [2.05, 4.69) is 12.1 Å². The lowest BCUT2D eigenvalue weighted by atomic mass is 9.98. The van der Waals surface area contributed by atoms with Gasteiger partial charge in [-0.3, -0.25) is 10.6 Å². The normalized spacial score (nSPS) is 21.3. The lowest BCUT2D eigenvalue weighted by molar-refractivity contribution is -0.148. The van der Waals surface area contributed by atoms with Crippen molar-refractivity contribution in [2.45, 2.75) is 24.4 Å². The topological polar surface area (TPSA) is 92.9 Å². The molecule has 1 amide bonds. The van der Waals surface area contributed by atoms with E-state index in [-0.39, 0.29) is 18.9 Å². The van der Waals surface area contributed by atoms with Gasteiger partial charge in [-0.05, 0) is 35.1 Å². The minimum atomic E-state index is -1.68. The number of carboxylic acid groups (broad SMARTS) is 1. The van der Waals surface area contributed by atoms with Crippen molar-refractivity contribution in [3.8, 4) is 11.1 Å². The van der Waals surface area contributed by atoms with Crippen molar-refractivity contribution in [1.82, 2.24) is 4.90 Å². The summed E-state index contributed by atoms with van der Waals surface area (Å²) >= 11 is 0. The van der Waals surface area contributed by atoms with Crippen LogP contribution in [0.3, 0.4) is 0 Å². The van der Waals surface area contributed by atoms with E-state index in [0.717, 1.165) is 27.2 Å². The average molecular weight is 352 g/mol. The number of carbonyl (C=O) groups excluding carboxylic acids is 1. The van der Waals surface area contributed by atoms with E-state index in [1.54, 1.807) is 0 Å². The van der Waals surface area contributed by atoms with Gasteiger partial charge in [-0.1, -0.05) is 48.5 Å². The number of hydrogen-bond donors (Lipinski definition) is 2. The molecule has 0 saturated carbocycles. The minimum Gasteiger partial charge on any atom is -0.478 e. The first-order chi connectivity index (χ1) is 12.5. The van der Waals surface area contributed by atoms with Crippen molar-refractivity contribution < 1.29 is 19.4 Å². The molecule has 6 nitrogen and oxygen atoms in total. The third-order valence-electron chi connectivity index (χ3n) is 5.35. The Balaban J connectivity index is 1.55. The van der Waals surface area contributed by atoms with Crippen LogP contribution in [0.5, 0.6) is 0 Å². The smallest absolute Gasteiger partial charge is 0.411 e. The third-order valence-corrected chi connectivity index (χ3v) is 5.35. The van der Waals surface area contributed by atoms with Gasteiger partial charge in [0.2, 0.25) is 0 Å². The van der Waals surface area contributed by atoms with Crippen LogP contribution in [0.25, 0.3) is 11.1 Å². The molecule has 6 heteroatoms. The molecule has 3 N–H and O–H groups in total. The fraction of sp³-hybridized carbons (Fsp3) is 0.300. The lowest BCUT2D eigenvalue weighted by Gasteiger charge is -2.30. The average Bonchev–Trinajstić information content (AvgIpc) is 3.19. The Hall–Kier alpha value is -2.86. The number of aliphatic carboxylic acids is 1. The number of nitrogens with zero attached hydrogens (tertiary/aromatic N) is 1. The van der Waals surface area contributed by atoms with Crippen LogP contribution >= 0.6 is 0 Å². The van der Waals surface area contributed by atoms with Crippen LogP contribution in [0.2, 0.25) is 0 Å². The number of likely N-dealkylation sites (tertiary alicyclic amines) is 1. The van der Waals surface area contributed by atoms with Crippen LogP contribution in [0, 0.1) is 0 Å². The van der Waals surface area contributed by atoms with Gasteiger partial charge in [0.25, 0.3) is 0 Å². The number of ether oxygens (including phenoxy) is 1. The van der Waals surface area contributed by atoms with Crippen molar-refractivity contribution >= 4 is 12.1 Å². The summed E-state index contributed by atoms with van der Waals surface area (Å²) in [5.74, 6) is -1.27. The van der Waals surface area contributed by atoms with Gasteiger partial charge in [0.1, 0.15) is 6.61 Å². The minimum absolute atomic E-state index is 0.0639. The molecular weight excluding hydrogens is 332 g/mol. The van der Waals surface area contributed by atoms with E-state index >= 15 is 0 Å². The zero-order valence-electron chi connectivity index (χ0n) is 14.2. The Bertz CT molecular complexity index is 836. The summed E-state index contributed by atoms with van der Waals surface area (Å²) in [6, 6.07) is 16.1. The van der Waals surface area contributed by atoms with Crippen molar-refractivity contribution in [3.63, 3.8) is 0 Å². The summed E-state index contributed by atoms with van der Waals surface area (Å²) in [5, 5.41) is 9.36. The summed E-state index contributed by atoms with van der Waals surface area (Å²) in [5.41, 5.74) is 8.74. The van der Waals surface area contributed by atoms with Crippen LogP contribution < -0.4 is 5.73 Å². The molecule has 0 bridgehead atoms. The molecule has 1 saturated heterocycles. The summed E-state index contributed by atoms with van der Waals surface area (Å²) in [6.07, 6.45) is 0.105. The number of carbonyl (C=O) groups is 2. The monoisotopic (exact) mass is 352 g/mol. The Morgan fingerprint density at radius 2 is 1.69 bits per heavy atom. The zero-order valence-corrected chi connectivity index (χ0v) is 14.2. The first-order valence-electron chi connectivity index (χ1n) is 8.67. The van der Waals surface area contributed by atoms with Crippen molar-refractivity contribution in [3.05, 3.63) is 59.7 Å². The molecule has 1 atom stereocenters. The van der Waals surface area contributed by atoms with Gasteiger partial charge in [0, 0.05) is 12.5 Å². The maximum absolute atomic E-state index is 12.5. The van der Waals surface area contributed by atoms with E-state index < -0.39 is 17.7 Å². The van der Waals surface area contributed by atoms with Crippen LogP contribution in [0.15, 0.2) is 48.5 Å². The molecule has 1 fully saturated rings. The van der Waals surface area contributed by atoms with Gasteiger partial charge in [-0.2, -0.15) is 0 Å². The van der Waals surface area contributed by atoms with Gasteiger partial charge in [0.15, 0.2) is 5.66 Å². The highest BCUT2D eigenvalue weighted by Crippen LogP contribution is 2.44. The second kappa shape index (κ2) is 6.14. The number of amides is 1. The molecule has 0 radical (unpaired) electrons. The molecule has 0 spiro atoms. The molecule has 134 valence electrons. The SMILES string of the molecule is NC1(C(=O)O)CCCN1C(=O)OCC1c2ccccc2-c2ccccc21. The van der Waals surface area contributed by atoms with Crippen molar-refractivity contribution in [2.75, 3.05) is 13.2 Å². The van der Waals surface area contributed by atoms with E-state index in [9.17, 15) is 14.7 Å². The molecule has 0 aromatic heterocycles. The predicted molar refractivity (Wildman–Crippen MR) is 95.6 cm³/mol. The molecule has 4 rings (SSSR count). The number of rotatable bonds is 3. The third kappa shape index (κ3) is 2.45. The Labute approximate surface area is 151 Å². The quantitative estimate of drug-likeness (QED) is 0.886. The van der Waals surface area contributed by atoms with Gasteiger partial charge in [-0.15, -0.1) is 0 Å². The Morgan fingerprint density at radius 3 is 2.27 bits per heavy atom. The number of carboxylic acids is 1. The molecular formula is C20H20N2O4. The van der Waals surface area contributed by atoms with E-state index in [1.807, 2.05) is 36.4 Å². The number of fused-ring (bicyclic) bond motifs is 3. The zero-order chi connectivity index (χ0) is 18.3. The lowest BCUT2D eigenvalue weighted by Crippen LogP contribution is -2.60. The van der Waals surface area contributed by atoms with Crippen LogP contribution in [-0.2, 0) is 9.53 Å². The predicted octanol–water partition coefficient (Wildman–Crippen LogP) is 2.77. The molecule has 2 aromatic rings. The fourth-order valence-corrected chi connectivity index (χ4v) is 3.99. The highest BCUT2D eigenvalue weighted by Gasteiger charge is 2.48. The molecule has 1 aliphatic carbocycles. The molecule has 1 aliphatic heterocycles. The van der Waals surface area contributed by atoms with Crippen LogP contribution in [-0.4, -0.2) is 40.9 Å². The first-order valence-corrected chi connectivity index (χ1v) is 8.67. The number of benzene rings is 2. The van der Waals surface area contributed by atoms with Gasteiger partial charge < -0.3 is 9.84 Å². The maximum atomic E-state index is 12.5. The second-order valence-electron chi connectivity index (χ2n) is 6.79. The van der Waals surface area contributed by atoms with Gasteiger partial charge >= 0.3 is 12.1 Å². The highest BCUT2D eigenvalue weighted by molar-refractivity contribution is 5.84. The standard InChI is InChI=1S/C20H20N2O4/c21-20(18(23)24)10-5-11-22(20)19(25)26-12-17-15-8-3-1-6-13(15)14-7-2-4-9-16(14)17/h1-4,6-9,17H,5,10-12,21H2,(H,23,24). The summed E-state index contributed by atoms with van der Waals surface area (Å²) < 4.78 is 5.51. The van der Waals surface area contributed by atoms with Gasteiger partial charge in [0.05, 0.1) is 0 Å². The molecule has 2 aromatic carbocycles. The highest BCUT2D eigenvalue weighted by atomic mass is 16.6. The molecule has 2 aliphatic rings. The summed E-state index contributed by atoms with van der Waals surface area (Å²) in [7, 11) is 0. The summed E-state index contributed by atoms with van der Waals surface area (Å²) in [6.45, 7) is 0.443. The fourth-order valence-electron chi connectivity index (χ4n) is 3.99. The van der Waals surface area contributed by atoms with E-state index in [1.165, 1.54) is 0 Å². The molecule has 1 unspecified atom stereocenters. The van der Waals surface area contributed by atoms with Crippen molar-refractivity contribution in [2.24, 2.45) is 5.73 Å².